The fourth-order valence-corrected chi connectivity index (χ4v) is 4.63. The first kappa shape index (κ1) is 17.3. The van der Waals surface area contributed by atoms with E-state index in [-0.39, 0.29) is 17.7 Å². The summed E-state index contributed by atoms with van der Waals surface area (Å²) in [6.45, 7) is 1.32. The lowest BCUT2D eigenvalue weighted by Gasteiger charge is -2.37. The highest BCUT2D eigenvalue weighted by atomic mass is 32.2. The van der Waals surface area contributed by atoms with Gasteiger partial charge in [0.2, 0.25) is 5.91 Å². The van der Waals surface area contributed by atoms with Crippen molar-refractivity contribution in [2.24, 2.45) is 5.92 Å². The van der Waals surface area contributed by atoms with Crippen LogP contribution in [0.2, 0.25) is 0 Å². The van der Waals surface area contributed by atoms with Crippen LogP contribution >= 0.6 is 11.8 Å². The van der Waals surface area contributed by atoms with Gasteiger partial charge in [0.1, 0.15) is 0 Å². The number of pyridine rings is 1. The number of carbonyl (C=O) groups excluding carboxylic acids is 2. The summed E-state index contributed by atoms with van der Waals surface area (Å²) in [5.41, 5.74) is 0.673. The van der Waals surface area contributed by atoms with Gasteiger partial charge in [0, 0.05) is 50.1 Å². The minimum atomic E-state index is 0.0426. The molecule has 6 heteroatoms. The molecule has 0 saturated carbocycles. The van der Waals surface area contributed by atoms with E-state index >= 15 is 0 Å². The van der Waals surface area contributed by atoms with Crippen molar-refractivity contribution in [3.05, 3.63) is 30.1 Å². The number of nitrogens with zero attached hydrogens (tertiary/aromatic N) is 3. The highest BCUT2D eigenvalue weighted by Gasteiger charge is 2.32. The lowest BCUT2D eigenvalue weighted by atomic mass is 9.94. The Kier molecular flexibility index (Phi) is 5.76. The largest absolute Gasteiger partial charge is 0.342 e. The Morgan fingerprint density at radius 2 is 1.75 bits per heavy atom. The highest BCUT2D eigenvalue weighted by molar-refractivity contribution is 7.99. The van der Waals surface area contributed by atoms with Gasteiger partial charge in [0.05, 0.1) is 0 Å². The van der Waals surface area contributed by atoms with Gasteiger partial charge in [-0.3, -0.25) is 14.6 Å². The Morgan fingerprint density at radius 1 is 1.12 bits per heavy atom. The zero-order valence-electron chi connectivity index (χ0n) is 14.2. The normalized spacial score (nSPS) is 20.0. The molecular formula is C18H25N3O2S. The molecule has 2 fully saturated rings. The molecule has 2 aliphatic heterocycles. The van der Waals surface area contributed by atoms with Crippen molar-refractivity contribution in [2.45, 2.75) is 31.7 Å². The molecule has 0 unspecified atom stereocenters. The van der Waals surface area contributed by atoms with Crippen molar-refractivity contribution in [2.75, 3.05) is 31.6 Å². The molecule has 0 aliphatic carbocycles. The zero-order valence-corrected chi connectivity index (χ0v) is 15.0. The van der Waals surface area contributed by atoms with Gasteiger partial charge < -0.3 is 9.80 Å². The van der Waals surface area contributed by atoms with E-state index < -0.39 is 0 Å². The van der Waals surface area contributed by atoms with E-state index in [0.29, 0.717) is 24.7 Å². The zero-order chi connectivity index (χ0) is 16.9. The molecule has 2 aliphatic rings. The van der Waals surface area contributed by atoms with E-state index in [1.165, 1.54) is 0 Å². The van der Waals surface area contributed by atoms with Crippen molar-refractivity contribution in [3.8, 4) is 0 Å². The third kappa shape index (κ3) is 3.91. The number of carbonyl (C=O) groups is 2. The van der Waals surface area contributed by atoms with Crippen LogP contribution in [0.5, 0.6) is 0 Å². The van der Waals surface area contributed by atoms with Crippen LogP contribution in [0.1, 0.15) is 36.0 Å². The van der Waals surface area contributed by atoms with Crippen molar-refractivity contribution in [1.82, 2.24) is 14.8 Å². The molecule has 2 saturated heterocycles. The van der Waals surface area contributed by atoms with Gasteiger partial charge in [0.25, 0.3) is 5.91 Å². The van der Waals surface area contributed by atoms with E-state index in [4.69, 9.17) is 0 Å². The monoisotopic (exact) mass is 347 g/mol. The first-order valence-electron chi connectivity index (χ1n) is 8.70. The first-order valence-corrected chi connectivity index (χ1v) is 9.86. The van der Waals surface area contributed by atoms with Crippen molar-refractivity contribution in [1.29, 1.82) is 0 Å². The summed E-state index contributed by atoms with van der Waals surface area (Å²) in [6, 6.07) is 3.89. The Hall–Kier alpha value is -1.56. The second kappa shape index (κ2) is 8.01. The van der Waals surface area contributed by atoms with Crippen molar-refractivity contribution >= 4 is 23.6 Å². The molecule has 5 nitrogen and oxygen atoms in total. The number of piperidine rings is 1. The summed E-state index contributed by atoms with van der Waals surface area (Å²) >= 11 is 1.98. The molecular weight excluding hydrogens is 322 g/mol. The second-order valence-electron chi connectivity index (χ2n) is 6.60. The molecule has 3 rings (SSSR count). The summed E-state index contributed by atoms with van der Waals surface area (Å²) in [5.74, 6) is 2.68. The van der Waals surface area contributed by atoms with Crippen LogP contribution in [0.3, 0.4) is 0 Å². The van der Waals surface area contributed by atoms with Crippen molar-refractivity contribution < 1.29 is 9.59 Å². The van der Waals surface area contributed by atoms with Crippen LogP contribution in [0.15, 0.2) is 24.5 Å². The van der Waals surface area contributed by atoms with Crippen LogP contribution in [0.25, 0.3) is 0 Å². The standard InChI is InChI=1S/C18H25N3O2S/c1-20(16-6-12-24-13-7-16)17(22)15-4-10-21(11-5-15)18(23)14-2-8-19-9-3-14/h2-3,8-9,15-16H,4-7,10-13H2,1H3. The van der Waals surface area contributed by atoms with Gasteiger partial charge in [-0.05, 0) is 49.3 Å². The first-order chi connectivity index (χ1) is 11.7. The van der Waals surface area contributed by atoms with E-state index in [1.54, 1.807) is 24.5 Å². The van der Waals surface area contributed by atoms with E-state index in [9.17, 15) is 9.59 Å². The van der Waals surface area contributed by atoms with E-state index in [0.717, 1.165) is 37.2 Å². The van der Waals surface area contributed by atoms with Crippen LogP contribution in [0.4, 0.5) is 0 Å². The predicted octanol–water partition coefficient (Wildman–Crippen LogP) is 2.29. The lowest BCUT2D eigenvalue weighted by Crippen LogP contribution is -2.46. The number of hydrogen-bond donors (Lipinski definition) is 0. The van der Waals surface area contributed by atoms with Crippen LogP contribution in [-0.4, -0.2) is 64.3 Å². The number of rotatable bonds is 3. The quantitative estimate of drug-likeness (QED) is 0.842. The number of aromatic nitrogens is 1. The van der Waals surface area contributed by atoms with Gasteiger partial charge >= 0.3 is 0 Å². The summed E-state index contributed by atoms with van der Waals surface area (Å²) in [5, 5.41) is 0. The summed E-state index contributed by atoms with van der Waals surface area (Å²) in [6.07, 6.45) is 7.02. The molecule has 0 bridgehead atoms. The minimum Gasteiger partial charge on any atom is -0.342 e. The number of likely N-dealkylation sites (tertiary alicyclic amines) is 1. The lowest BCUT2D eigenvalue weighted by molar-refractivity contribution is -0.137. The molecule has 1 aromatic rings. The molecule has 3 heterocycles. The topological polar surface area (TPSA) is 53.5 Å². The Balaban J connectivity index is 1.52. The Bertz CT molecular complexity index is 567. The SMILES string of the molecule is CN(C(=O)C1CCN(C(=O)c2ccncc2)CC1)C1CCSCC1. The van der Waals surface area contributed by atoms with Crippen LogP contribution < -0.4 is 0 Å². The fourth-order valence-electron chi connectivity index (χ4n) is 3.55. The minimum absolute atomic E-state index is 0.0426. The van der Waals surface area contributed by atoms with Crippen molar-refractivity contribution in [3.63, 3.8) is 0 Å². The average Bonchev–Trinajstić information content (AvgIpc) is 2.68. The molecule has 0 N–H and O–H groups in total. The third-order valence-electron chi connectivity index (χ3n) is 5.14. The Labute approximate surface area is 147 Å². The summed E-state index contributed by atoms with van der Waals surface area (Å²) in [4.78, 5) is 33.0. The van der Waals surface area contributed by atoms with Gasteiger partial charge in [0.15, 0.2) is 0 Å². The van der Waals surface area contributed by atoms with Crippen LogP contribution in [-0.2, 0) is 4.79 Å². The summed E-state index contributed by atoms with van der Waals surface area (Å²) < 4.78 is 0. The predicted molar refractivity (Wildman–Crippen MR) is 96.0 cm³/mol. The maximum Gasteiger partial charge on any atom is 0.253 e. The van der Waals surface area contributed by atoms with Gasteiger partial charge in [-0.25, -0.2) is 0 Å². The molecule has 24 heavy (non-hydrogen) atoms. The van der Waals surface area contributed by atoms with Gasteiger partial charge in [-0.15, -0.1) is 0 Å². The molecule has 0 spiro atoms. The Morgan fingerprint density at radius 3 is 2.38 bits per heavy atom. The van der Waals surface area contributed by atoms with Gasteiger partial charge in [-0.2, -0.15) is 11.8 Å². The van der Waals surface area contributed by atoms with Crippen LogP contribution in [0, 0.1) is 5.92 Å². The molecule has 0 radical (unpaired) electrons. The molecule has 2 amide bonds. The number of hydrogen-bond acceptors (Lipinski definition) is 4. The third-order valence-corrected chi connectivity index (χ3v) is 6.19. The van der Waals surface area contributed by atoms with E-state index in [1.807, 2.05) is 28.6 Å². The number of amides is 2. The van der Waals surface area contributed by atoms with E-state index in [2.05, 4.69) is 4.98 Å². The molecule has 0 aromatic carbocycles. The highest BCUT2D eigenvalue weighted by Crippen LogP contribution is 2.25. The number of thioether (sulfide) groups is 1. The fraction of sp³-hybridized carbons (Fsp3) is 0.611. The average molecular weight is 347 g/mol. The molecule has 0 atom stereocenters. The maximum absolute atomic E-state index is 12.8. The summed E-state index contributed by atoms with van der Waals surface area (Å²) in [7, 11) is 1.96. The molecule has 1 aromatic heterocycles. The second-order valence-corrected chi connectivity index (χ2v) is 7.82. The molecule has 130 valence electrons. The smallest absolute Gasteiger partial charge is 0.253 e. The van der Waals surface area contributed by atoms with Gasteiger partial charge in [-0.1, -0.05) is 0 Å². The maximum atomic E-state index is 12.8.